The Labute approximate surface area is 142 Å². The Hall–Kier alpha value is -3.60. The second-order valence-electron chi connectivity index (χ2n) is 5.81. The van der Waals surface area contributed by atoms with Crippen molar-refractivity contribution in [2.75, 3.05) is 0 Å². The number of ketones is 1. The average Bonchev–Trinajstić information content (AvgIpc) is 3.03. The zero-order valence-corrected chi connectivity index (χ0v) is 13.1. The summed E-state index contributed by atoms with van der Waals surface area (Å²) >= 11 is 0. The van der Waals surface area contributed by atoms with Crippen LogP contribution in [-0.2, 0) is 0 Å². The highest BCUT2D eigenvalue weighted by Crippen LogP contribution is 2.20. The summed E-state index contributed by atoms with van der Waals surface area (Å²) in [6.45, 7) is 0. The van der Waals surface area contributed by atoms with Gasteiger partial charge in [0.25, 0.3) is 0 Å². The number of imidazole rings is 1. The normalized spacial score (nSPS) is 11.4. The molecule has 0 unspecified atom stereocenters. The SMILES string of the molecule is O=C(c1ccccc1)c1ccc2nc3nc4ccccn4c3nc2c1. The number of carbonyl (C=O) groups is 1. The van der Waals surface area contributed by atoms with Crippen LogP contribution < -0.4 is 0 Å². The molecule has 2 aromatic carbocycles. The lowest BCUT2D eigenvalue weighted by molar-refractivity contribution is 0.103. The van der Waals surface area contributed by atoms with Crippen LogP contribution in [-0.4, -0.2) is 25.1 Å². The summed E-state index contributed by atoms with van der Waals surface area (Å²) in [5, 5.41) is 0. The summed E-state index contributed by atoms with van der Waals surface area (Å²) in [6, 6.07) is 20.4. The standard InChI is InChI=1S/C20H12N4O/c25-18(13-6-2-1-3-7-13)14-9-10-15-16(12-14)22-20-19(21-15)23-17-8-4-5-11-24(17)20/h1-12H. The number of rotatable bonds is 2. The maximum Gasteiger partial charge on any atom is 0.198 e. The quantitative estimate of drug-likeness (QED) is 0.465. The first-order chi connectivity index (χ1) is 12.3. The van der Waals surface area contributed by atoms with Crippen LogP contribution in [0.2, 0.25) is 0 Å². The number of carbonyl (C=O) groups excluding carboxylic acids is 1. The van der Waals surface area contributed by atoms with E-state index in [9.17, 15) is 4.79 Å². The highest BCUT2D eigenvalue weighted by Gasteiger charge is 2.12. The van der Waals surface area contributed by atoms with Crippen molar-refractivity contribution in [3.8, 4) is 0 Å². The van der Waals surface area contributed by atoms with Crippen LogP contribution in [0.4, 0.5) is 0 Å². The highest BCUT2D eigenvalue weighted by atomic mass is 16.1. The third-order valence-corrected chi connectivity index (χ3v) is 4.21. The average molecular weight is 324 g/mol. The van der Waals surface area contributed by atoms with E-state index in [1.807, 2.05) is 65.2 Å². The van der Waals surface area contributed by atoms with E-state index in [-0.39, 0.29) is 5.78 Å². The van der Waals surface area contributed by atoms with Crippen LogP contribution in [0.5, 0.6) is 0 Å². The Morgan fingerprint density at radius 2 is 1.60 bits per heavy atom. The van der Waals surface area contributed by atoms with E-state index in [0.717, 1.165) is 11.2 Å². The molecule has 3 heterocycles. The molecule has 0 saturated carbocycles. The fourth-order valence-corrected chi connectivity index (χ4v) is 2.98. The van der Waals surface area contributed by atoms with Crippen LogP contribution >= 0.6 is 0 Å². The summed E-state index contributed by atoms with van der Waals surface area (Å²) in [7, 11) is 0. The van der Waals surface area contributed by atoms with Crippen molar-refractivity contribution >= 4 is 33.8 Å². The van der Waals surface area contributed by atoms with Crippen molar-refractivity contribution in [1.82, 2.24) is 19.4 Å². The minimum absolute atomic E-state index is 0.0254. The van der Waals surface area contributed by atoms with E-state index in [2.05, 4.69) is 15.0 Å². The molecule has 0 aliphatic carbocycles. The molecule has 0 fully saturated rings. The number of pyridine rings is 1. The number of hydrogen-bond donors (Lipinski definition) is 0. The molecular weight excluding hydrogens is 312 g/mol. The molecule has 3 aromatic heterocycles. The van der Waals surface area contributed by atoms with Gasteiger partial charge in [-0.25, -0.2) is 15.0 Å². The second kappa shape index (κ2) is 5.21. The van der Waals surface area contributed by atoms with Gasteiger partial charge in [0.1, 0.15) is 5.65 Å². The van der Waals surface area contributed by atoms with Crippen LogP contribution in [0.1, 0.15) is 15.9 Å². The highest BCUT2D eigenvalue weighted by molar-refractivity contribution is 6.10. The van der Waals surface area contributed by atoms with Crippen molar-refractivity contribution in [1.29, 1.82) is 0 Å². The first-order valence-electron chi connectivity index (χ1n) is 7.94. The maximum absolute atomic E-state index is 12.7. The van der Waals surface area contributed by atoms with Gasteiger partial charge in [0, 0.05) is 17.3 Å². The molecule has 5 nitrogen and oxygen atoms in total. The third kappa shape index (κ3) is 2.17. The van der Waals surface area contributed by atoms with E-state index in [0.29, 0.717) is 27.9 Å². The molecule has 0 N–H and O–H groups in total. The lowest BCUT2D eigenvalue weighted by Crippen LogP contribution is -2.01. The van der Waals surface area contributed by atoms with Gasteiger partial charge in [0.15, 0.2) is 17.1 Å². The molecule has 0 atom stereocenters. The Balaban J connectivity index is 1.72. The molecular formula is C20H12N4O. The van der Waals surface area contributed by atoms with Gasteiger partial charge in [-0.05, 0) is 30.3 Å². The zero-order chi connectivity index (χ0) is 16.8. The molecule has 0 radical (unpaired) electrons. The smallest absolute Gasteiger partial charge is 0.198 e. The second-order valence-corrected chi connectivity index (χ2v) is 5.81. The van der Waals surface area contributed by atoms with Crippen molar-refractivity contribution < 1.29 is 4.79 Å². The van der Waals surface area contributed by atoms with Crippen molar-refractivity contribution in [2.45, 2.75) is 0 Å². The third-order valence-electron chi connectivity index (χ3n) is 4.21. The zero-order valence-electron chi connectivity index (χ0n) is 13.1. The topological polar surface area (TPSA) is 60.2 Å². The van der Waals surface area contributed by atoms with E-state index in [4.69, 9.17) is 0 Å². The Morgan fingerprint density at radius 3 is 2.48 bits per heavy atom. The van der Waals surface area contributed by atoms with Gasteiger partial charge >= 0.3 is 0 Å². The molecule has 5 rings (SSSR count). The van der Waals surface area contributed by atoms with Crippen molar-refractivity contribution in [2.24, 2.45) is 0 Å². The molecule has 0 aliphatic rings. The summed E-state index contributed by atoms with van der Waals surface area (Å²) in [5.41, 5.74) is 4.74. The molecule has 0 amide bonds. The lowest BCUT2D eigenvalue weighted by atomic mass is 10.0. The minimum atomic E-state index is -0.0254. The first kappa shape index (κ1) is 13.8. The summed E-state index contributed by atoms with van der Waals surface area (Å²) in [5.74, 6) is -0.0254. The summed E-state index contributed by atoms with van der Waals surface area (Å²) in [4.78, 5) is 26.4. The van der Waals surface area contributed by atoms with Crippen molar-refractivity contribution in [3.05, 3.63) is 84.1 Å². The molecule has 0 aliphatic heterocycles. The van der Waals surface area contributed by atoms with Gasteiger partial charge < -0.3 is 0 Å². The van der Waals surface area contributed by atoms with Gasteiger partial charge in [-0.1, -0.05) is 36.4 Å². The number of aromatic nitrogens is 4. The van der Waals surface area contributed by atoms with E-state index in [1.54, 1.807) is 12.1 Å². The molecule has 5 heteroatoms. The molecule has 0 saturated heterocycles. The number of nitrogens with zero attached hydrogens (tertiary/aromatic N) is 4. The lowest BCUT2D eigenvalue weighted by Gasteiger charge is -2.03. The number of fused-ring (bicyclic) bond motifs is 4. The van der Waals surface area contributed by atoms with Gasteiger partial charge in [-0.3, -0.25) is 9.20 Å². The Bertz CT molecular complexity index is 1260. The number of hydrogen-bond acceptors (Lipinski definition) is 4. The van der Waals surface area contributed by atoms with Gasteiger partial charge in [0.05, 0.1) is 11.0 Å². The molecule has 5 aromatic rings. The summed E-state index contributed by atoms with van der Waals surface area (Å²) < 4.78 is 1.90. The molecule has 25 heavy (non-hydrogen) atoms. The summed E-state index contributed by atoms with van der Waals surface area (Å²) in [6.07, 6.45) is 1.91. The molecule has 0 spiro atoms. The van der Waals surface area contributed by atoms with Crippen molar-refractivity contribution in [3.63, 3.8) is 0 Å². The Kier molecular flexibility index (Phi) is 2.87. The molecule has 118 valence electrons. The van der Waals surface area contributed by atoms with Gasteiger partial charge in [0.2, 0.25) is 0 Å². The van der Waals surface area contributed by atoms with Crippen LogP contribution in [0.25, 0.3) is 28.0 Å². The van der Waals surface area contributed by atoms with Crippen LogP contribution in [0, 0.1) is 0 Å². The Morgan fingerprint density at radius 1 is 0.760 bits per heavy atom. The minimum Gasteiger partial charge on any atom is -0.289 e. The molecule has 0 bridgehead atoms. The van der Waals surface area contributed by atoms with Crippen LogP contribution in [0.15, 0.2) is 72.9 Å². The predicted molar refractivity (Wildman–Crippen MR) is 95.7 cm³/mol. The first-order valence-corrected chi connectivity index (χ1v) is 7.94. The fraction of sp³-hybridized carbons (Fsp3) is 0. The van der Waals surface area contributed by atoms with E-state index < -0.39 is 0 Å². The van der Waals surface area contributed by atoms with E-state index >= 15 is 0 Å². The van der Waals surface area contributed by atoms with Gasteiger partial charge in [-0.15, -0.1) is 0 Å². The fourth-order valence-electron chi connectivity index (χ4n) is 2.98. The van der Waals surface area contributed by atoms with Gasteiger partial charge in [-0.2, -0.15) is 0 Å². The number of benzene rings is 2. The van der Waals surface area contributed by atoms with Crippen LogP contribution in [0.3, 0.4) is 0 Å². The van der Waals surface area contributed by atoms with E-state index in [1.165, 1.54) is 0 Å². The largest absolute Gasteiger partial charge is 0.289 e. The monoisotopic (exact) mass is 324 g/mol. The maximum atomic E-state index is 12.7. The predicted octanol–water partition coefficient (Wildman–Crippen LogP) is 3.66.